The largest absolute Gasteiger partial charge is 0.277 e. The first kappa shape index (κ1) is 12.0. The molecule has 0 saturated carbocycles. The van der Waals surface area contributed by atoms with Gasteiger partial charge in [-0.05, 0) is 33.5 Å². The van der Waals surface area contributed by atoms with Crippen LogP contribution in [0.2, 0.25) is 0 Å². The normalized spacial score (nSPS) is 12.2. The van der Waals surface area contributed by atoms with Crippen LogP contribution in [-0.2, 0) is 0 Å². The summed E-state index contributed by atoms with van der Waals surface area (Å²) in [6.45, 7) is 6.77. The van der Waals surface area contributed by atoms with Gasteiger partial charge in [0, 0.05) is 20.5 Å². The molecule has 2 rings (SSSR count). The molecule has 1 N–H and O–H groups in total. The number of benzene rings is 1. The molecule has 0 fully saturated rings. The second-order valence-electron chi connectivity index (χ2n) is 5.09. The lowest BCUT2D eigenvalue weighted by atomic mass is 10.0. The minimum Gasteiger partial charge on any atom is -0.277 e. The summed E-state index contributed by atoms with van der Waals surface area (Å²) in [6.07, 6.45) is 1.86. The summed E-state index contributed by atoms with van der Waals surface area (Å²) < 4.78 is 1.08. The van der Waals surface area contributed by atoms with E-state index < -0.39 is 0 Å². The number of fused-ring (bicyclic) bond motifs is 1. The predicted octanol–water partition coefficient (Wildman–Crippen LogP) is 4.46. The highest BCUT2D eigenvalue weighted by Gasteiger charge is 2.11. The molecule has 1 heterocycles. The smallest absolute Gasteiger partial charge is 0.0793 e. The lowest BCUT2D eigenvalue weighted by Crippen LogP contribution is -2.07. The standard InChI is InChI=1S/C12H15BrN2S/c1-12(2,3)7-16-9-4-8-6-14-15-11(8)10(13)5-9/h4-6H,7H2,1-3H3,(H,14,15). The zero-order valence-corrected chi connectivity index (χ0v) is 12.1. The van der Waals surface area contributed by atoms with Gasteiger partial charge in [-0.3, -0.25) is 5.10 Å². The number of nitrogens with one attached hydrogen (secondary N) is 1. The van der Waals surface area contributed by atoms with Gasteiger partial charge in [-0.2, -0.15) is 5.10 Å². The minimum atomic E-state index is 0.350. The van der Waals surface area contributed by atoms with Crippen molar-refractivity contribution >= 4 is 38.6 Å². The van der Waals surface area contributed by atoms with Gasteiger partial charge in [0.1, 0.15) is 0 Å². The first-order valence-electron chi connectivity index (χ1n) is 5.21. The molecule has 0 aliphatic heterocycles. The van der Waals surface area contributed by atoms with Crippen LogP contribution in [0.25, 0.3) is 10.9 Å². The number of aromatic amines is 1. The molecule has 0 saturated heterocycles. The molecule has 4 heteroatoms. The maximum absolute atomic E-state index is 4.05. The van der Waals surface area contributed by atoms with E-state index in [1.807, 2.05) is 18.0 Å². The summed E-state index contributed by atoms with van der Waals surface area (Å²) in [5, 5.41) is 8.19. The zero-order chi connectivity index (χ0) is 11.8. The van der Waals surface area contributed by atoms with Crippen LogP contribution >= 0.6 is 27.7 Å². The molecule has 0 atom stereocenters. The molecule has 16 heavy (non-hydrogen) atoms. The summed E-state index contributed by atoms with van der Waals surface area (Å²) in [7, 11) is 0. The molecule has 0 spiro atoms. The van der Waals surface area contributed by atoms with Crippen LogP contribution in [-0.4, -0.2) is 16.0 Å². The third kappa shape index (κ3) is 2.80. The predicted molar refractivity (Wildman–Crippen MR) is 74.0 cm³/mol. The van der Waals surface area contributed by atoms with Gasteiger partial charge in [0.15, 0.2) is 0 Å². The quantitative estimate of drug-likeness (QED) is 0.829. The van der Waals surface area contributed by atoms with Crippen LogP contribution in [0.1, 0.15) is 20.8 Å². The van der Waals surface area contributed by atoms with Gasteiger partial charge >= 0.3 is 0 Å². The maximum atomic E-state index is 4.05. The fraction of sp³-hybridized carbons (Fsp3) is 0.417. The van der Waals surface area contributed by atoms with Crippen LogP contribution in [0.4, 0.5) is 0 Å². The van der Waals surface area contributed by atoms with Crippen molar-refractivity contribution in [1.29, 1.82) is 0 Å². The van der Waals surface area contributed by atoms with E-state index in [4.69, 9.17) is 0 Å². The SMILES string of the molecule is CC(C)(C)CSc1cc(Br)c2[nH]ncc2c1. The molecule has 0 unspecified atom stereocenters. The Morgan fingerprint density at radius 1 is 1.38 bits per heavy atom. The molecule has 0 amide bonds. The molecule has 86 valence electrons. The second-order valence-corrected chi connectivity index (χ2v) is 6.99. The lowest BCUT2D eigenvalue weighted by molar-refractivity contribution is 0.481. The number of halogens is 1. The number of nitrogens with zero attached hydrogens (tertiary/aromatic N) is 1. The van der Waals surface area contributed by atoms with E-state index in [0.29, 0.717) is 5.41 Å². The van der Waals surface area contributed by atoms with Crippen molar-refractivity contribution in [2.45, 2.75) is 25.7 Å². The highest BCUT2D eigenvalue weighted by molar-refractivity contribution is 9.10. The van der Waals surface area contributed by atoms with Gasteiger partial charge in [0.05, 0.1) is 11.7 Å². The summed E-state index contributed by atoms with van der Waals surface area (Å²) >= 11 is 5.45. The Bertz CT molecular complexity index is 499. The van der Waals surface area contributed by atoms with Crippen LogP contribution in [0, 0.1) is 5.41 Å². The van der Waals surface area contributed by atoms with E-state index in [1.54, 1.807) is 0 Å². The van der Waals surface area contributed by atoms with E-state index in [2.05, 4.69) is 59.0 Å². The number of aromatic nitrogens is 2. The highest BCUT2D eigenvalue weighted by Crippen LogP contribution is 2.32. The monoisotopic (exact) mass is 298 g/mol. The van der Waals surface area contributed by atoms with E-state index in [0.717, 1.165) is 21.1 Å². The van der Waals surface area contributed by atoms with Crippen molar-refractivity contribution in [2.75, 3.05) is 5.75 Å². The van der Waals surface area contributed by atoms with Gasteiger partial charge in [-0.1, -0.05) is 20.8 Å². The first-order chi connectivity index (χ1) is 7.46. The molecule has 2 aromatic rings. The Labute approximate surface area is 108 Å². The Kier molecular flexibility index (Phi) is 3.31. The number of H-pyrrole nitrogens is 1. The van der Waals surface area contributed by atoms with Crippen LogP contribution in [0.15, 0.2) is 27.7 Å². The van der Waals surface area contributed by atoms with Gasteiger partial charge in [0.2, 0.25) is 0 Å². The van der Waals surface area contributed by atoms with Crippen molar-refractivity contribution in [3.63, 3.8) is 0 Å². The molecular formula is C12H15BrN2S. The van der Waals surface area contributed by atoms with Crippen molar-refractivity contribution in [1.82, 2.24) is 10.2 Å². The average molecular weight is 299 g/mol. The Morgan fingerprint density at radius 3 is 2.81 bits per heavy atom. The van der Waals surface area contributed by atoms with Gasteiger partial charge in [0.25, 0.3) is 0 Å². The topological polar surface area (TPSA) is 28.7 Å². The molecule has 1 aromatic heterocycles. The number of hydrogen-bond donors (Lipinski definition) is 1. The molecule has 2 nitrogen and oxygen atoms in total. The summed E-state index contributed by atoms with van der Waals surface area (Å²) in [4.78, 5) is 1.29. The molecule has 0 aliphatic rings. The second kappa shape index (κ2) is 4.41. The van der Waals surface area contributed by atoms with Gasteiger partial charge in [-0.15, -0.1) is 11.8 Å². The van der Waals surface area contributed by atoms with Crippen LogP contribution in [0.3, 0.4) is 0 Å². The Morgan fingerprint density at radius 2 is 2.12 bits per heavy atom. The fourth-order valence-electron chi connectivity index (χ4n) is 1.37. The van der Waals surface area contributed by atoms with Crippen LogP contribution < -0.4 is 0 Å². The molecule has 0 radical (unpaired) electrons. The fourth-order valence-corrected chi connectivity index (χ4v) is 3.10. The van der Waals surface area contributed by atoms with Crippen molar-refractivity contribution < 1.29 is 0 Å². The third-order valence-electron chi connectivity index (χ3n) is 2.15. The number of thioether (sulfide) groups is 1. The zero-order valence-electron chi connectivity index (χ0n) is 9.67. The van der Waals surface area contributed by atoms with Crippen molar-refractivity contribution in [2.24, 2.45) is 5.41 Å². The van der Waals surface area contributed by atoms with E-state index in [9.17, 15) is 0 Å². The minimum absolute atomic E-state index is 0.350. The van der Waals surface area contributed by atoms with E-state index in [1.165, 1.54) is 4.90 Å². The molecule has 1 aromatic carbocycles. The summed E-state index contributed by atoms with van der Waals surface area (Å²) in [6, 6.07) is 4.33. The van der Waals surface area contributed by atoms with Gasteiger partial charge in [-0.25, -0.2) is 0 Å². The van der Waals surface area contributed by atoms with E-state index in [-0.39, 0.29) is 0 Å². The number of rotatable bonds is 2. The maximum Gasteiger partial charge on any atom is 0.0793 e. The van der Waals surface area contributed by atoms with Crippen molar-refractivity contribution in [3.05, 3.63) is 22.8 Å². The summed E-state index contributed by atoms with van der Waals surface area (Å²) in [5.74, 6) is 1.11. The third-order valence-corrected chi connectivity index (χ3v) is 4.35. The van der Waals surface area contributed by atoms with E-state index >= 15 is 0 Å². The first-order valence-corrected chi connectivity index (χ1v) is 6.99. The molecule has 0 aliphatic carbocycles. The lowest BCUT2D eigenvalue weighted by Gasteiger charge is -2.17. The van der Waals surface area contributed by atoms with Crippen LogP contribution in [0.5, 0.6) is 0 Å². The molecular weight excluding hydrogens is 284 g/mol. The number of hydrogen-bond acceptors (Lipinski definition) is 2. The Balaban J connectivity index is 2.25. The highest BCUT2D eigenvalue weighted by atomic mass is 79.9. The molecule has 0 bridgehead atoms. The Hall–Kier alpha value is -0.480. The summed E-state index contributed by atoms with van der Waals surface area (Å²) in [5.41, 5.74) is 1.42. The average Bonchev–Trinajstić information content (AvgIpc) is 2.62. The van der Waals surface area contributed by atoms with Crippen molar-refractivity contribution in [3.8, 4) is 0 Å². The van der Waals surface area contributed by atoms with Gasteiger partial charge < -0.3 is 0 Å².